The van der Waals surface area contributed by atoms with Crippen molar-refractivity contribution in [1.82, 2.24) is 4.98 Å². The van der Waals surface area contributed by atoms with Crippen LogP contribution in [0.1, 0.15) is 17.5 Å². The summed E-state index contributed by atoms with van der Waals surface area (Å²) in [5.74, 6) is 0.574. The fourth-order valence-corrected chi connectivity index (χ4v) is 2.33. The second kappa shape index (κ2) is 3.63. The van der Waals surface area contributed by atoms with Gasteiger partial charge in [0.1, 0.15) is 5.82 Å². The van der Waals surface area contributed by atoms with E-state index in [2.05, 4.69) is 23.2 Å². The lowest BCUT2D eigenvalue weighted by molar-refractivity contribution is 0.912. The van der Waals surface area contributed by atoms with E-state index in [1.54, 1.807) is 0 Å². The van der Waals surface area contributed by atoms with Crippen LogP contribution in [0.3, 0.4) is 0 Å². The van der Waals surface area contributed by atoms with Gasteiger partial charge in [-0.15, -0.1) is 0 Å². The van der Waals surface area contributed by atoms with E-state index in [0.29, 0.717) is 5.82 Å². The van der Waals surface area contributed by atoms with Gasteiger partial charge in [0.2, 0.25) is 0 Å². The summed E-state index contributed by atoms with van der Waals surface area (Å²) in [5.41, 5.74) is 11.0. The van der Waals surface area contributed by atoms with E-state index in [1.807, 2.05) is 18.3 Å². The number of hydrogen-bond acceptors (Lipinski definition) is 2. The number of pyridine rings is 1. The monoisotopic (exact) mass is 210 g/mol. The molecule has 0 aliphatic heterocycles. The number of benzene rings is 1. The van der Waals surface area contributed by atoms with Crippen molar-refractivity contribution in [2.75, 3.05) is 5.73 Å². The summed E-state index contributed by atoms with van der Waals surface area (Å²) >= 11 is 0. The number of fused-ring (bicyclic) bond motifs is 1. The third-order valence-electron chi connectivity index (χ3n) is 3.22. The average Bonchev–Trinajstić information content (AvgIpc) is 2.77. The summed E-state index contributed by atoms with van der Waals surface area (Å²) < 4.78 is 0. The number of aryl methyl sites for hydroxylation is 2. The van der Waals surface area contributed by atoms with Gasteiger partial charge in [-0.2, -0.15) is 0 Å². The summed E-state index contributed by atoms with van der Waals surface area (Å²) in [6.07, 6.45) is 5.58. The molecule has 0 saturated carbocycles. The molecule has 2 aromatic rings. The number of aromatic nitrogens is 1. The molecule has 1 heterocycles. The minimum absolute atomic E-state index is 0.574. The van der Waals surface area contributed by atoms with Gasteiger partial charge in [-0.05, 0) is 48.1 Å². The first-order valence-electron chi connectivity index (χ1n) is 5.66. The molecule has 0 atom stereocenters. The molecule has 2 N–H and O–H groups in total. The molecule has 0 spiro atoms. The maximum atomic E-state index is 5.58. The number of rotatable bonds is 1. The molecule has 1 aliphatic rings. The van der Waals surface area contributed by atoms with Crippen molar-refractivity contribution in [2.45, 2.75) is 19.3 Å². The summed E-state index contributed by atoms with van der Waals surface area (Å²) in [6, 6.07) is 10.6. The van der Waals surface area contributed by atoms with Gasteiger partial charge in [-0.1, -0.05) is 18.2 Å². The Morgan fingerprint density at radius 1 is 0.938 bits per heavy atom. The Labute approximate surface area is 95.1 Å². The van der Waals surface area contributed by atoms with E-state index in [4.69, 9.17) is 5.73 Å². The van der Waals surface area contributed by atoms with Crippen molar-refractivity contribution in [3.63, 3.8) is 0 Å². The van der Waals surface area contributed by atoms with Gasteiger partial charge in [0.25, 0.3) is 0 Å². The highest BCUT2D eigenvalue weighted by molar-refractivity contribution is 5.65. The first-order valence-corrected chi connectivity index (χ1v) is 5.66. The van der Waals surface area contributed by atoms with Gasteiger partial charge >= 0.3 is 0 Å². The fourth-order valence-electron chi connectivity index (χ4n) is 2.33. The average molecular weight is 210 g/mol. The highest BCUT2D eigenvalue weighted by atomic mass is 14.8. The molecular weight excluding hydrogens is 196 g/mol. The van der Waals surface area contributed by atoms with Gasteiger partial charge < -0.3 is 5.73 Å². The molecule has 0 fully saturated rings. The van der Waals surface area contributed by atoms with Crippen molar-refractivity contribution < 1.29 is 0 Å². The van der Waals surface area contributed by atoms with Gasteiger partial charge in [0.15, 0.2) is 0 Å². The van der Waals surface area contributed by atoms with Crippen molar-refractivity contribution in [3.8, 4) is 11.1 Å². The molecule has 1 aliphatic carbocycles. The molecule has 0 bridgehead atoms. The topological polar surface area (TPSA) is 38.9 Å². The van der Waals surface area contributed by atoms with E-state index in [9.17, 15) is 0 Å². The summed E-state index contributed by atoms with van der Waals surface area (Å²) in [6.45, 7) is 0. The lowest BCUT2D eigenvalue weighted by Gasteiger charge is -2.05. The van der Waals surface area contributed by atoms with Gasteiger partial charge in [0.05, 0.1) is 0 Å². The van der Waals surface area contributed by atoms with Crippen LogP contribution in [0.25, 0.3) is 11.1 Å². The van der Waals surface area contributed by atoms with Crippen LogP contribution in [-0.4, -0.2) is 4.98 Å². The van der Waals surface area contributed by atoms with Gasteiger partial charge in [-0.3, -0.25) is 0 Å². The number of anilines is 1. The largest absolute Gasteiger partial charge is 0.384 e. The standard InChI is InChI=1S/C14H14N2/c15-14-7-6-13(9-16-14)12-5-4-10-2-1-3-11(10)8-12/h4-9H,1-3H2,(H2,15,16). The Morgan fingerprint density at radius 2 is 1.75 bits per heavy atom. The zero-order valence-corrected chi connectivity index (χ0v) is 9.11. The minimum Gasteiger partial charge on any atom is -0.384 e. The third-order valence-corrected chi connectivity index (χ3v) is 3.22. The number of hydrogen-bond donors (Lipinski definition) is 1. The highest BCUT2D eigenvalue weighted by Gasteiger charge is 2.11. The zero-order chi connectivity index (χ0) is 11.0. The number of nitrogens with zero attached hydrogens (tertiary/aromatic N) is 1. The van der Waals surface area contributed by atoms with Crippen molar-refractivity contribution in [1.29, 1.82) is 0 Å². The lowest BCUT2D eigenvalue weighted by Crippen LogP contribution is -1.90. The molecule has 0 unspecified atom stereocenters. The van der Waals surface area contributed by atoms with Crippen LogP contribution in [0.4, 0.5) is 5.82 Å². The Morgan fingerprint density at radius 3 is 2.56 bits per heavy atom. The van der Waals surface area contributed by atoms with Crippen LogP contribution < -0.4 is 5.73 Å². The van der Waals surface area contributed by atoms with Gasteiger partial charge in [0, 0.05) is 11.8 Å². The maximum absolute atomic E-state index is 5.58. The Kier molecular flexibility index (Phi) is 2.13. The lowest BCUT2D eigenvalue weighted by atomic mass is 10.0. The Bertz CT molecular complexity index is 515. The first kappa shape index (κ1) is 9.40. The predicted octanol–water partition coefficient (Wildman–Crippen LogP) is 2.82. The summed E-state index contributed by atoms with van der Waals surface area (Å²) in [7, 11) is 0. The quantitative estimate of drug-likeness (QED) is 0.786. The fraction of sp³-hybridized carbons (Fsp3) is 0.214. The van der Waals surface area contributed by atoms with Crippen molar-refractivity contribution >= 4 is 5.82 Å². The second-order valence-corrected chi connectivity index (χ2v) is 4.31. The zero-order valence-electron chi connectivity index (χ0n) is 9.11. The normalized spacial score (nSPS) is 13.8. The first-order chi connectivity index (χ1) is 7.83. The summed E-state index contributed by atoms with van der Waals surface area (Å²) in [4.78, 5) is 4.13. The summed E-state index contributed by atoms with van der Waals surface area (Å²) in [5, 5.41) is 0. The minimum atomic E-state index is 0.574. The molecule has 80 valence electrons. The molecule has 2 heteroatoms. The van der Waals surface area contributed by atoms with E-state index in [-0.39, 0.29) is 0 Å². The van der Waals surface area contributed by atoms with Crippen LogP contribution in [0, 0.1) is 0 Å². The van der Waals surface area contributed by atoms with E-state index in [0.717, 1.165) is 5.56 Å². The molecule has 0 saturated heterocycles. The second-order valence-electron chi connectivity index (χ2n) is 4.31. The molecule has 1 aromatic carbocycles. The molecule has 16 heavy (non-hydrogen) atoms. The van der Waals surface area contributed by atoms with E-state index < -0.39 is 0 Å². The molecule has 0 amide bonds. The Balaban J connectivity index is 2.03. The highest BCUT2D eigenvalue weighted by Crippen LogP contribution is 2.27. The third kappa shape index (κ3) is 1.56. The maximum Gasteiger partial charge on any atom is 0.123 e. The van der Waals surface area contributed by atoms with Crippen molar-refractivity contribution in [3.05, 3.63) is 47.7 Å². The number of nitrogen functional groups attached to an aromatic ring is 1. The number of nitrogens with two attached hydrogens (primary N) is 1. The molecule has 1 aromatic heterocycles. The molecule has 0 radical (unpaired) electrons. The SMILES string of the molecule is Nc1ccc(-c2ccc3c(c2)CCC3)cn1. The van der Waals surface area contributed by atoms with Crippen LogP contribution in [-0.2, 0) is 12.8 Å². The van der Waals surface area contributed by atoms with Gasteiger partial charge in [-0.25, -0.2) is 4.98 Å². The Hall–Kier alpha value is -1.83. The van der Waals surface area contributed by atoms with Crippen LogP contribution >= 0.6 is 0 Å². The van der Waals surface area contributed by atoms with Crippen LogP contribution in [0.2, 0.25) is 0 Å². The van der Waals surface area contributed by atoms with Crippen LogP contribution in [0.5, 0.6) is 0 Å². The van der Waals surface area contributed by atoms with Crippen LogP contribution in [0.15, 0.2) is 36.5 Å². The van der Waals surface area contributed by atoms with Crippen molar-refractivity contribution in [2.24, 2.45) is 0 Å². The molecule has 3 rings (SSSR count). The molecular formula is C14H14N2. The predicted molar refractivity (Wildman–Crippen MR) is 66.1 cm³/mol. The smallest absolute Gasteiger partial charge is 0.123 e. The van der Waals surface area contributed by atoms with E-state index >= 15 is 0 Å². The van der Waals surface area contributed by atoms with E-state index in [1.165, 1.54) is 36.0 Å². The molecule has 2 nitrogen and oxygen atoms in total.